The summed E-state index contributed by atoms with van der Waals surface area (Å²) in [5, 5.41) is 0. The van der Waals surface area contributed by atoms with E-state index in [1.54, 1.807) is 13.8 Å². The molecule has 0 fully saturated rings. The molecule has 0 aromatic heterocycles. The van der Waals surface area contributed by atoms with Crippen molar-refractivity contribution < 1.29 is 17.2 Å². The van der Waals surface area contributed by atoms with Gasteiger partial charge in [0.2, 0.25) is 0 Å². The van der Waals surface area contributed by atoms with Crippen LogP contribution in [0.4, 0.5) is 20.2 Å². The first-order chi connectivity index (χ1) is 9.70. The summed E-state index contributed by atoms with van der Waals surface area (Å²) in [7, 11) is -3.92. The summed E-state index contributed by atoms with van der Waals surface area (Å²) < 4.78 is 53.0. The van der Waals surface area contributed by atoms with Crippen LogP contribution in [0.3, 0.4) is 0 Å². The minimum absolute atomic E-state index is 0.0514. The van der Waals surface area contributed by atoms with Gasteiger partial charge in [-0.1, -0.05) is 0 Å². The summed E-state index contributed by atoms with van der Waals surface area (Å²) in [6, 6.07) is 5.86. The van der Waals surface area contributed by atoms with Crippen molar-refractivity contribution in [1.29, 1.82) is 0 Å². The molecule has 2 rings (SSSR count). The maximum atomic E-state index is 13.1. The lowest BCUT2D eigenvalue weighted by molar-refractivity contribution is 0.509. The largest absolute Gasteiger partial charge is 0.399 e. The van der Waals surface area contributed by atoms with Gasteiger partial charge in [0.15, 0.2) is 11.6 Å². The fourth-order valence-electron chi connectivity index (χ4n) is 2.17. The molecular weight excluding hydrogens is 298 g/mol. The Morgan fingerprint density at radius 3 is 2.10 bits per heavy atom. The minimum atomic E-state index is -3.92. The first-order valence-electron chi connectivity index (χ1n) is 6.05. The fraction of sp³-hybridized carbons (Fsp3) is 0.143. The maximum Gasteiger partial charge on any atom is 0.262 e. The van der Waals surface area contributed by atoms with Crippen LogP contribution in [-0.4, -0.2) is 8.42 Å². The Morgan fingerprint density at radius 1 is 1.00 bits per heavy atom. The predicted molar refractivity (Wildman–Crippen MR) is 77.5 cm³/mol. The number of hydrogen-bond acceptors (Lipinski definition) is 3. The zero-order valence-corrected chi connectivity index (χ0v) is 12.3. The molecule has 0 radical (unpaired) electrons. The summed E-state index contributed by atoms with van der Waals surface area (Å²) in [6.45, 7) is 3.23. The van der Waals surface area contributed by atoms with Crippen LogP contribution in [0.5, 0.6) is 0 Å². The fourth-order valence-corrected chi connectivity index (χ4v) is 3.68. The van der Waals surface area contributed by atoms with Crippen molar-refractivity contribution in [2.24, 2.45) is 0 Å². The molecule has 7 heteroatoms. The lowest BCUT2D eigenvalue weighted by Crippen LogP contribution is -2.16. The summed E-state index contributed by atoms with van der Waals surface area (Å²) >= 11 is 0. The highest BCUT2D eigenvalue weighted by atomic mass is 32.2. The molecule has 3 N–H and O–H groups in total. The number of sulfonamides is 1. The van der Waals surface area contributed by atoms with E-state index in [1.807, 2.05) is 0 Å². The second-order valence-corrected chi connectivity index (χ2v) is 6.34. The quantitative estimate of drug-likeness (QED) is 0.856. The van der Waals surface area contributed by atoms with Gasteiger partial charge in [0, 0.05) is 11.8 Å². The Kier molecular flexibility index (Phi) is 3.87. The molecule has 2 aromatic carbocycles. The number of nitrogen functional groups attached to an aromatic ring is 1. The van der Waals surface area contributed by atoms with Gasteiger partial charge in [0.25, 0.3) is 10.0 Å². The number of rotatable bonds is 3. The van der Waals surface area contributed by atoms with Crippen molar-refractivity contribution in [2.45, 2.75) is 18.7 Å². The molecule has 0 heterocycles. The number of aryl methyl sites for hydroxylation is 2. The van der Waals surface area contributed by atoms with Crippen LogP contribution in [-0.2, 0) is 10.0 Å². The Labute approximate surface area is 121 Å². The third-order valence-electron chi connectivity index (χ3n) is 2.92. The topological polar surface area (TPSA) is 72.2 Å². The average Bonchev–Trinajstić information content (AvgIpc) is 2.31. The molecule has 2 aromatic rings. The van der Waals surface area contributed by atoms with E-state index in [-0.39, 0.29) is 10.6 Å². The minimum Gasteiger partial charge on any atom is -0.399 e. The maximum absolute atomic E-state index is 13.1. The van der Waals surface area contributed by atoms with E-state index in [9.17, 15) is 17.2 Å². The molecule has 4 nitrogen and oxygen atoms in total. The number of nitrogens with two attached hydrogens (primary N) is 1. The van der Waals surface area contributed by atoms with E-state index in [2.05, 4.69) is 4.72 Å². The Morgan fingerprint density at radius 2 is 1.57 bits per heavy atom. The number of hydrogen-bond donors (Lipinski definition) is 2. The van der Waals surface area contributed by atoms with Crippen LogP contribution in [0.1, 0.15) is 11.1 Å². The second kappa shape index (κ2) is 5.33. The van der Waals surface area contributed by atoms with Crippen molar-refractivity contribution in [3.05, 3.63) is 53.1 Å². The molecule has 0 saturated carbocycles. The third kappa shape index (κ3) is 3.13. The van der Waals surface area contributed by atoms with E-state index in [4.69, 9.17) is 5.73 Å². The first-order valence-corrected chi connectivity index (χ1v) is 7.53. The molecule has 0 saturated heterocycles. The van der Waals surface area contributed by atoms with E-state index >= 15 is 0 Å². The summed E-state index contributed by atoms with van der Waals surface area (Å²) in [4.78, 5) is 0.0708. The van der Waals surface area contributed by atoms with Gasteiger partial charge in [-0.3, -0.25) is 4.72 Å². The zero-order valence-electron chi connectivity index (χ0n) is 11.4. The lowest BCUT2D eigenvalue weighted by Gasteiger charge is -2.13. The molecule has 112 valence electrons. The summed E-state index contributed by atoms with van der Waals surface area (Å²) in [5.74, 6) is -2.17. The van der Waals surface area contributed by atoms with Crippen molar-refractivity contribution in [3.63, 3.8) is 0 Å². The first kappa shape index (κ1) is 15.2. The van der Waals surface area contributed by atoms with Crippen molar-refractivity contribution in [1.82, 2.24) is 0 Å². The molecule has 0 unspecified atom stereocenters. The van der Waals surface area contributed by atoms with Crippen LogP contribution in [0.2, 0.25) is 0 Å². The zero-order chi connectivity index (χ0) is 15.8. The van der Waals surface area contributed by atoms with E-state index in [0.717, 1.165) is 18.2 Å². The van der Waals surface area contributed by atoms with Crippen molar-refractivity contribution in [2.75, 3.05) is 10.5 Å². The van der Waals surface area contributed by atoms with Crippen LogP contribution in [0.15, 0.2) is 35.2 Å². The van der Waals surface area contributed by atoms with Gasteiger partial charge in [-0.2, -0.15) is 0 Å². The second-order valence-electron chi connectivity index (χ2n) is 4.72. The molecule has 0 aliphatic heterocycles. The Hall–Kier alpha value is -2.15. The van der Waals surface area contributed by atoms with Gasteiger partial charge in [-0.25, -0.2) is 17.2 Å². The number of anilines is 2. The highest BCUT2D eigenvalue weighted by molar-refractivity contribution is 7.92. The molecule has 21 heavy (non-hydrogen) atoms. The van der Waals surface area contributed by atoms with Gasteiger partial charge in [0.1, 0.15) is 0 Å². The lowest BCUT2D eigenvalue weighted by atomic mass is 10.1. The molecule has 0 aliphatic rings. The van der Waals surface area contributed by atoms with Crippen molar-refractivity contribution in [3.8, 4) is 0 Å². The smallest absolute Gasteiger partial charge is 0.262 e. The number of halogens is 2. The molecule has 0 atom stereocenters. The third-order valence-corrected chi connectivity index (χ3v) is 4.61. The molecule has 0 spiro atoms. The standard InChI is InChI=1S/C14H14F2N2O2S/c1-8-5-10(17)6-9(2)14(8)21(19,20)18-11-3-4-12(15)13(16)7-11/h3-7,18H,17H2,1-2H3. The summed E-state index contributed by atoms with van der Waals surface area (Å²) in [6.07, 6.45) is 0. The normalized spacial score (nSPS) is 11.4. The van der Waals surface area contributed by atoms with Crippen molar-refractivity contribution >= 4 is 21.4 Å². The van der Waals surface area contributed by atoms with Gasteiger partial charge in [0.05, 0.1) is 10.6 Å². The van der Waals surface area contributed by atoms with E-state index in [1.165, 1.54) is 12.1 Å². The Balaban J connectivity index is 2.46. The van der Waals surface area contributed by atoms with Crippen LogP contribution >= 0.6 is 0 Å². The number of nitrogens with one attached hydrogen (secondary N) is 1. The van der Waals surface area contributed by atoms with Gasteiger partial charge < -0.3 is 5.73 Å². The highest BCUT2D eigenvalue weighted by Crippen LogP contribution is 2.25. The van der Waals surface area contributed by atoms with E-state index in [0.29, 0.717) is 16.8 Å². The van der Waals surface area contributed by atoms with Gasteiger partial charge >= 0.3 is 0 Å². The average molecular weight is 312 g/mol. The molecule has 0 aliphatic carbocycles. The van der Waals surface area contributed by atoms with Crippen LogP contribution in [0.25, 0.3) is 0 Å². The number of benzene rings is 2. The van der Waals surface area contributed by atoms with E-state index < -0.39 is 21.7 Å². The van der Waals surface area contributed by atoms with Crippen LogP contribution in [0, 0.1) is 25.5 Å². The summed E-state index contributed by atoms with van der Waals surface area (Å²) in [5.41, 5.74) is 7.01. The molecular formula is C14H14F2N2O2S. The highest BCUT2D eigenvalue weighted by Gasteiger charge is 2.20. The van der Waals surface area contributed by atoms with Gasteiger partial charge in [-0.05, 0) is 49.2 Å². The Bertz CT molecular complexity index is 782. The monoisotopic (exact) mass is 312 g/mol. The SMILES string of the molecule is Cc1cc(N)cc(C)c1S(=O)(=O)Nc1ccc(F)c(F)c1. The van der Waals surface area contributed by atoms with Crippen LogP contribution < -0.4 is 10.5 Å². The van der Waals surface area contributed by atoms with Gasteiger partial charge in [-0.15, -0.1) is 0 Å². The predicted octanol–water partition coefficient (Wildman–Crippen LogP) is 2.96. The molecule has 0 bridgehead atoms. The molecule has 0 amide bonds.